The van der Waals surface area contributed by atoms with Crippen LogP contribution in [0.25, 0.3) is 0 Å². The van der Waals surface area contributed by atoms with Gasteiger partial charge in [0.1, 0.15) is 6.61 Å². The van der Waals surface area contributed by atoms with Gasteiger partial charge in [-0.15, -0.1) is 12.4 Å². The van der Waals surface area contributed by atoms with Crippen LogP contribution in [-0.4, -0.2) is 30.7 Å². The van der Waals surface area contributed by atoms with E-state index in [1.165, 1.54) is 0 Å². The van der Waals surface area contributed by atoms with Crippen molar-refractivity contribution < 1.29 is 9.53 Å². The highest BCUT2D eigenvalue weighted by molar-refractivity contribution is 5.85. The first-order valence-electron chi connectivity index (χ1n) is 5.74. The fraction of sp³-hybridized carbons (Fsp3) is 0.909. The standard InChI is InChI=1S/C11H22N2O2.ClH/c1-8(2)15-7-11(14)13-10-5-3-4-9(12)6-10;/h8-10H,3-7,12H2,1-2H3,(H,13,14);1H. The molecule has 0 saturated heterocycles. The molecule has 1 fully saturated rings. The van der Waals surface area contributed by atoms with Crippen LogP contribution in [-0.2, 0) is 9.53 Å². The normalized spacial score (nSPS) is 25.0. The SMILES string of the molecule is CC(C)OCC(=O)NC1CCCC(N)C1.Cl. The zero-order valence-corrected chi connectivity index (χ0v) is 10.9. The number of hydrogen-bond acceptors (Lipinski definition) is 3. The van der Waals surface area contributed by atoms with E-state index in [1.807, 2.05) is 13.8 Å². The number of hydrogen-bond donors (Lipinski definition) is 2. The lowest BCUT2D eigenvalue weighted by atomic mass is 9.92. The molecule has 1 aliphatic rings. The van der Waals surface area contributed by atoms with Crippen molar-refractivity contribution in [2.24, 2.45) is 5.73 Å². The summed E-state index contributed by atoms with van der Waals surface area (Å²) in [5, 5.41) is 2.96. The zero-order chi connectivity index (χ0) is 11.3. The number of amides is 1. The Morgan fingerprint density at radius 2 is 2.19 bits per heavy atom. The van der Waals surface area contributed by atoms with Crippen LogP contribution in [0.2, 0.25) is 0 Å². The van der Waals surface area contributed by atoms with Crippen molar-refractivity contribution in [1.29, 1.82) is 0 Å². The molecule has 0 radical (unpaired) electrons. The van der Waals surface area contributed by atoms with Gasteiger partial charge < -0.3 is 15.8 Å². The maximum Gasteiger partial charge on any atom is 0.246 e. The van der Waals surface area contributed by atoms with Crippen molar-refractivity contribution in [2.75, 3.05) is 6.61 Å². The van der Waals surface area contributed by atoms with Gasteiger partial charge in [-0.25, -0.2) is 0 Å². The maximum absolute atomic E-state index is 11.4. The largest absolute Gasteiger partial charge is 0.369 e. The maximum atomic E-state index is 11.4. The highest BCUT2D eigenvalue weighted by Gasteiger charge is 2.20. The second-order valence-corrected chi connectivity index (χ2v) is 4.55. The molecule has 2 atom stereocenters. The Balaban J connectivity index is 0.00000225. The van der Waals surface area contributed by atoms with Crippen LogP contribution in [0.4, 0.5) is 0 Å². The number of rotatable bonds is 4. The molecular weight excluding hydrogens is 228 g/mol. The fourth-order valence-electron chi connectivity index (χ4n) is 1.87. The Bertz CT molecular complexity index is 212. The minimum Gasteiger partial charge on any atom is -0.369 e. The Labute approximate surface area is 104 Å². The van der Waals surface area contributed by atoms with Gasteiger partial charge in [0, 0.05) is 12.1 Å². The highest BCUT2D eigenvalue weighted by atomic mass is 35.5. The van der Waals surface area contributed by atoms with Crippen molar-refractivity contribution in [3.8, 4) is 0 Å². The molecule has 0 heterocycles. The Kier molecular flexibility index (Phi) is 7.72. The fourth-order valence-corrected chi connectivity index (χ4v) is 1.87. The van der Waals surface area contributed by atoms with Crippen LogP contribution in [0.5, 0.6) is 0 Å². The molecule has 0 aromatic rings. The predicted octanol–water partition coefficient (Wildman–Crippen LogP) is 1.22. The molecule has 1 rings (SSSR count). The lowest BCUT2D eigenvalue weighted by molar-refractivity contribution is -0.128. The van der Waals surface area contributed by atoms with Crippen molar-refractivity contribution in [1.82, 2.24) is 5.32 Å². The zero-order valence-electron chi connectivity index (χ0n) is 10.1. The molecule has 96 valence electrons. The van der Waals surface area contributed by atoms with E-state index in [-0.39, 0.29) is 43.1 Å². The summed E-state index contributed by atoms with van der Waals surface area (Å²) in [5.41, 5.74) is 5.84. The van der Waals surface area contributed by atoms with Crippen LogP contribution in [0.1, 0.15) is 39.5 Å². The van der Waals surface area contributed by atoms with Crippen LogP contribution in [0.15, 0.2) is 0 Å². The van der Waals surface area contributed by atoms with Gasteiger partial charge in [-0.3, -0.25) is 4.79 Å². The van der Waals surface area contributed by atoms with Gasteiger partial charge in [0.25, 0.3) is 0 Å². The molecule has 3 N–H and O–H groups in total. The van der Waals surface area contributed by atoms with Crippen LogP contribution < -0.4 is 11.1 Å². The van der Waals surface area contributed by atoms with Gasteiger partial charge in [0.15, 0.2) is 0 Å². The molecule has 16 heavy (non-hydrogen) atoms. The van der Waals surface area contributed by atoms with Crippen molar-refractivity contribution >= 4 is 18.3 Å². The lowest BCUT2D eigenvalue weighted by Crippen LogP contribution is -2.43. The van der Waals surface area contributed by atoms with E-state index in [4.69, 9.17) is 10.5 Å². The summed E-state index contributed by atoms with van der Waals surface area (Å²) in [4.78, 5) is 11.4. The van der Waals surface area contributed by atoms with Gasteiger partial charge in [-0.05, 0) is 39.5 Å². The third kappa shape index (κ3) is 6.30. The molecule has 2 unspecified atom stereocenters. The molecule has 5 heteroatoms. The van der Waals surface area contributed by atoms with Crippen molar-refractivity contribution in [3.05, 3.63) is 0 Å². The van der Waals surface area contributed by atoms with Crippen LogP contribution >= 0.6 is 12.4 Å². The molecule has 0 spiro atoms. The quantitative estimate of drug-likeness (QED) is 0.789. The summed E-state index contributed by atoms with van der Waals surface area (Å²) in [5.74, 6) is -0.0252. The predicted molar refractivity (Wildman–Crippen MR) is 66.7 cm³/mol. The van der Waals surface area contributed by atoms with E-state index < -0.39 is 0 Å². The van der Waals surface area contributed by atoms with E-state index >= 15 is 0 Å². The Morgan fingerprint density at radius 1 is 1.50 bits per heavy atom. The van der Waals surface area contributed by atoms with Gasteiger partial charge >= 0.3 is 0 Å². The van der Waals surface area contributed by atoms with Crippen molar-refractivity contribution in [2.45, 2.75) is 57.7 Å². The van der Waals surface area contributed by atoms with E-state index in [9.17, 15) is 4.79 Å². The molecule has 0 aliphatic heterocycles. The molecule has 0 aromatic heterocycles. The highest BCUT2D eigenvalue weighted by Crippen LogP contribution is 2.16. The third-order valence-electron chi connectivity index (χ3n) is 2.63. The van der Waals surface area contributed by atoms with Crippen molar-refractivity contribution in [3.63, 3.8) is 0 Å². The van der Waals surface area contributed by atoms with Crippen LogP contribution in [0.3, 0.4) is 0 Å². The Morgan fingerprint density at radius 3 is 2.75 bits per heavy atom. The number of nitrogens with two attached hydrogens (primary N) is 1. The second-order valence-electron chi connectivity index (χ2n) is 4.55. The summed E-state index contributed by atoms with van der Waals surface area (Å²) in [6, 6.07) is 0.493. The molecule has 1 amide bonds. The first-order chi connectivity index (χ1) is 7.08. The molecule has 0 aromatic carbocycles. The molecular formula is C11H23ClN2O2. The van der Waals surface area contributed by atoms with Crippen LogP contribution in [0, 0.1) is 0 Å². The summed E-state index contributed by atoms with van der Waals surface area (Å²) in [6.07, 6.45) is 4.23. The molecule has 4 nitrogen and oxygen atoms in total. The number of halogens is 1. The second kappa shape index (κ2) is 7.87. The molecule has 1 saturated carbocycles. The monoisotopic (exact) mass is 250 g/mol. The number of ether oxygens (including phenoxy) is 1. The minimum absolute atomic E-state index is 0. The minimum atomic E-state index is -0.0252. The summed E-state index contributed by atoms with van der Waals surface area (Å²) in [6.45, 7) is 4.00. The van der Waals surface area contributed by atoms with E-state index in [1.54, 1.807) is 0 Å². The van der Waals surface area contributed by atoms with E-state index in [0.29, 0.717) is 0 Å². The van der Waals surface area contributed by atoms with Gasteiger partial charge in [-0.2, -0.15) is 0 Å². The average Bonchev–Trinajstić information content (AvgIpc) is 2.15. The van der Waals surface area contributed by atoms with Gasteiger partial charge in [-0.1, -0.05) is 0 Å². The third-order valence-corrected chi connectivity index (χ3v) is 2.63. The molecule has 1 aliphatic carbocycles. The topological polar surface area (TPSA) is 64.3 Å². The smallest absolute Gasteiger partial charge is 0.246 e. The first-order valence-corrected chi connectivity index (χ1v) is 5.74. The number of carbonyl (C=O) groups is 1. The Hall–Kier alpha value is -0.320. The van der Waals surface area contributed by atoms with Gasteiger partial charge in [0.05, 0.1) is 6.10 Å². The summed E-state index contributed by atoms with van der Waals surface area (Å²) >= 11 is 0. The number of carbonyl (C=O) groups excluding carboxylic acids is 1. The average molecular weight is 251 g/mol. The van der Waals surface area contributed by atoms with E-state index in [2.05, 4.69) is 5.32 Å². The van der Waals surface area contributed by atoms with E-state index in [0.717, 1.165) is 25.7 Å². The molecule has 0 bridgehead atoms. The first kappa shape index (κ1) is 15.7. The van der Waals surface area contributed by atoms with Gasteiger partial charge in [0.2, 0.25) is 5.91 Å². The lowest BCUT2D eigenvalue weighted by Gasteiger charge is -2.27. The summed E-state index contributed by atoms with van der Waals surface area (Å²) in [7, 11) is 0. The number of nitrogens with one attached hydrogen (secondary N) is 1. The summed E-state index contributed by atoms with van der Waals surface area (Å²) < 4.78 is 5.23.